The minimum absolute atomic E-state index is 0.248. The molecule has 3 aromatic rings. The molecule has 0 aromatic heterocycles. The molecule has 0 bridgehead atoms. The first-order chi connectivity index (χ1) is 18.5. The molecule has 0 heteroatoms. The molecule has 6 rings (SSSR count). The monoisotopic (exact) mass is 494 g/mol. The molecule has 0 saturated heterocycles. The Morgan fingerprint density at radius 1 is 0.974 bits per heavy atom. The molecule has 2 unspecified atom stereocenters. The summed E-state index contributed by atoms with van der Waals surface area (Å²) < 4.78 is 0. The van der Waals surface area contributed by atoms with Crippen LogP contribution in [0.5, 0.6) is 0 Å². The van der Waals surface area contributed by atoms with Crippen molar-refractivity contribution in [3.8, 4) is 0 Å². The summed E-state index contributed by atoms with van der Waals surface area (Å²) in [7, 11) is 0. The number of rotatable bonds is 6. The molecular formula is C38H38. The van der Waals surface area contributed by atoms with Gasteiger partial charge in [0.1, 0.15) is 0 Å². The van der Waals surface area contributed by atoms with Crippen molar-refractivity contribution in [3.63, 3.8) is 0 Å². The van der Waals surface area contributed by atoms with Gasteiger partial charge in [0.05, 0.1) is 0 Å². The van der Waals surface area contributed by atoms with E-state index in [9.17, 15) is 0 Å². The van der Waals surface area contributed by atoms with Crippen molar-refractivity contribution in [2.75, 3.05) is 0 Å². The minimum atomic E-state index is 0.248. The second-order valence-electron chi connectivity index (χ2n) is 11.2. The lowest BCUT2D eigenvalue weighted by Crippen LogP contribution is -2.22. The largest absolute Gasteiger partial charge is 0.0955 e. The molecule has 3 aliphatic carbocycles. The van der Waals surface area contributed by atoms with Crippen molar-refractivity contribution in [1.82, 2.24) is 0 Å². The van der Waals surface area contributed by atoms with Crippen LogP contribution in [0.15, 0.2) is 125 Å². The van der Waals surface area contributed by atoms with Gasteiger partial charge in [-0.2, -0.15) is 0 Å². The third-order valence-corrected chi connectivity index (χ3v) is 8.94. The highest BCUT2D eigenvalue weighted by Crippen LogP contribution is 2.56. The molecule has 3 aliphatic rings. The Hall–Kier alpha value is -3.64. The maximum Gasteiger partial charge on any atom is 0.0210 e. The van der Waals surface area contributed by atoms with Crippen LogP contribution < -0.4 is 0 Å². The van der Waals surface area contributed by atoms with Gasteiger partial charge in [0, 0.05) is 11.8 Å². The molecule has 0 aliphatic heterocycles. The third-order valence-electron chi connectivity index (χ3n) is 8.94. The molecule has 0 heterocycles. The molecule has 0 nitrogen and oxygen atoms in total. The summed E-state index contributed by atoms with van der Waals surface area (Å²) in [5.41, 5.74) is 15.4. The van der Waals surface area contributed by atoms with Gasteiger partial charge in [-0.1, -0.05) is 123 Å². The molecule has 190 valence electrons. The predicted molar refractivity (Wildman–Crippen MR) is 164 cm³/mol. The molecule has 0 amide bonds. The van der Waals surface area contributed by atoms with E-state index in [2.05, 4.69) is 106 Å². The van der Waals surface area contributed by atoms with Crippen LogP contribution in [0.3, 0.4) is 0 Å². The van der Waals surface area contributed by atoms with Gasteiger partial charge in [0.15, 0.2) is 0 Å². The smallest absolute Gasteiger partial charge is 0.0210 e. The fraction of sp³-hybridized carbons (Fsp3) is 0.263. The van der Waals surface area contributed by atoms with Crippen LogP contribution in [-0.2, 0) is 12.8 Å². The van der Waals surface area contributed by atoms with Crippen molar-refractivity contribution in [3.05, 3.63) is 148 Å². The lowest BCUT2D eigenvalue weighted by Gasteiger charge is -2.36. The van der Waals surface area contributed by atoms with Gasteiger partial charge < -0.3 is 0 Å². The first kappa shape index (κ1) is 24.7. The van der Waals surface area contributed by atoms with Crippen LogP contribution in [-0.4, -0.2) is 0 Å². The first-order valence-electron chi connectivity index (χ1n) is 14.3. The zero-order valence-electron chi connectivity index (χ0n) is 23.1. The number of allylic oxidation sites excluding steroid dienone is 10. The van der Waals surface area contributed by atoms with Gasteiger partial charge in [-0.3, -0.25) is 0 Å². The number of fused-ring (bicyclic) bond motifs is 3. The maximum atomic E-state index is 4.81. The highest BCUT2D eigenvalue weighted by Gasteiger charge is 2.42. The van der Waals surface area contributed by atoms with E-state index in [1.54, 1.807) is 0 Å². The molecule has 1 saturated carbocycles. The Kier molecular flexibility index (Phi) is 6.44. The van der Waals surface area contributed by atoms with Gasteiger partial charge in [0.25, 0.3) is 0 Å². The zero-order valence-corrected chi connectivity index (χ0v) is 23.1. The second-order valence-corrected chi connectivity index (χ2v) is 11.2. The molecule has 0 spiro atoms. The van der Waals surface area contributed by atoms with Crippen molar-refractivity contribution < 1.29 is 0 Å². The molecule has 1 fully saturated rings. The Bertz CT molecular complexity index is 1600. The van der Waals surface area contributed by atoms with Crippen LogP contribution in [0.4, 0.5) is 0 Å². The number of aryl methyl sites for hydroxylation is 1. The van der Waals surface area contributed by atoms with E-state index in [-0.39, 0.29) is 11.8 Å². The summed E-state index contributed by atoms with van der Waals surface area (Å²) >= 11 is 0. The maximum absolute atomic E-state index is 4.81. The molecule has 0 radical (unpaired) electrons. The molecular weight excluding hydrogens is 456 g/mol. The highest BCUT2D eigenvalue weighted by molar-refractivity contribution is 5.89. The Labute approximate surface area is 228 Å². The summed E-state index contributed by atoms with van der Waals surface area (Å²) in [5, 5.41) is 2.70. The van der Waals surface area contributed by atoms with Gasteiger partial charge in [-0.15, -0.1) is 0 Å². The third kappa shape index (κ3) is 3.99. The topological polar surface area (TPSA) is 0 Å². The summed E-state index contributed by atoms with van der Waals surface area (Å²) in [4.78, 5) is 0. The van der Waals surface area contributed by atoms with Crippen LogP contribution in [0, 0.1) is 5.92 Å². The Morgan fingerprint density at radius 2 is 1.76 bits per heavy atom. The molecule has 3 aromatic carbocycles. The van der Waals surface area contributed by atoms with E-state index in [4.69, 9.17) is 6.58 Å². The van der Waals surface area contributed by atoms with Crippen molar-refractivity contribution in [1.29, 1.82) is 0 Å². The normalized spacial score (nSPS) is 21.6. The quantitative estimate of drug-likeness (QED) is 0.320. The van der Waals surface area contributed by atoms with E-state index >= 15 is 0 Å². The SMILES string of the molecule is C=C(CCC)C1=C(C)C=C2CC(=CC3=CCc4ccccc43)C(=C)C2C1c1c(CC)ccc2ccccc12. The predicted octanol–water partition coefficient (Wildman–Crippen LogP) is 10.2. The Morgan fingerprint density at radius 3 is 2.58 bits per heavy atom. The second kappa shape index (κ2) is 9.91. The standard InChI is InChI=1S/C38H38/c1-6-12-24(3)35-25(4)21-32-23-31(22-30-20-19-28-13-8-10-15-33(28)30)26(5)36(32)38(35)37-27(7-2)17-18-29-14-9-11-16-34(29)37/h8-11,13-18,20-22,36,38H,3,5-7,12,19,23H2,1-2,4H3. The highest BCUT2D eigenvalue weighted by atomic mass is 14.4. The van der Waals surface area contributed by atoms with Crippen LogP contribution in [0.25, 0.3) is 16.3 Å². The van der Waals surface area contributed by atoms with Crippen LogP contribution in [0.2, 0.25) is 0 Å². The fourth-order valence-corrected chi connectivity index (χ4v) is 7.23. The van der Waals surface area contributed by atoms with Gasteiger partial charge in [-0.05, 0) is 93.5 Å². The zero-order chi connectivity index (χ0) is 26.4. The lowest BCUT2D eigenvalue weighted by molar-refractivity contribution is 0.618. The molecule has 38 heavy (non-hydrogen) atoms. The van der Waals surface area contributed by atoms with E-state index in [1.807, 2.05) is 0 Å². The van der Waals surface area contributed by atoms with Gasteiger partial charge in [-0.25, -0.2) is 0 Å². The van der Waals surface area contributed by atoms with Gasteiger partial charge >= 0.3 is 0 Å². The van der Waals surface area contributed by atoms with Crippen molar-refractivity contribution in [2.45, 2.75) is 58.8 Å². The summed E-state index contributed by atoms with van der Waals surface area (Å²) in [6.07, 6.45) is 12.5. The van der Waals surface area contributed by atoms with E-state index in [0.29, 0.717) is 0 Å². The van der Waals surface area contributed by atoms with Crippen LogP contribution >= 0.6 is 0 Å². The minimum Gasteiger partial charge on any atom is -0.0955 e. The number of hydrogen-bond acceptors (Lipinski definition) is 0. The van der Waals surface area contributed by atoms with Crippen LogP contribution in [0.1, 0.15) is 68.2 Å². The summed E-state index contributed by atoms with van der Waals surface area (Å²) in [6, 6.07) is 22.4. The van der Waals surface area contributed by atoms with E-state index < -0.39 is 0 Å². The van der Waals surface area contributed by atoms with Gasteiger partial charge in [0.2, 0.25) is 0 Å². The molecule has 2 atom stereocenters. The average molecular weight is 495 g/mol. The van der Waals surface area contributed by atoms with E-state index in [0.717, 1.165) is 32.1 Å². The molecule has 0 N–H and O–H groups in total. The first-order valence-corrected chi connectivity index (χ1v) is 14.3. The number of benzene rings is 3. The summed E-state index contributed by atoms with van der Waals surface area (Å²) in [6.45, 7) is 16.3. The lowest BCUT2D eigenvalue weighted by atomic mass is 9.67. The summed E-state index contributed by atoms with van der Waals surface area (Å²) in [5.74, 6) is 0.528. The van der Waals surface area contributed by atoms with E-state index in [1.165, 1.54) is 72.0 Å². The van der Waals surface area contributed by atoms with Crippen molar-refractivity contribution >= 4 is 16.3 Å². The Balaban J connectivity index is 1.52. The number of hydrogen-bond donors (Lipinski definition) is 0. The fourth-order valence-electron chi connectivity index (χ4n) is 7.23. The average Bonchev–Trinajstić information content (AvgIpc) is 3.47. The van der Waals surface area contributed by atoms with Crippen molar-refractivity contribution in [2.24, 2.45) is 5.92 Å².